The summed E-state index contributed by atoms with van der Waals surface area (Å²) >= 11 is 0. The Morgan fingerprint density at radius 2 is 0.593 bits per heavy atom. The Bertz CT molecular complexity index is 856. The van der Waals surface area contributed by atoms with E-state index in [1.165, 1.54) is 225 Å². The topological polar surface area (TPSA) is 61.8 Å². The molecule has 0 radical (unpaired) electrons. The maximum atomic E-state index is 12.6. The molecule has 350 valence electrons. The van der Waals surface area contributed by atoms with Crippen LogP contribution in [0.3, 0.4) is 0 Å². The van der Waals surface area contributed by atoms with E-state index in [2.05, 4.69) is 32.9 Å². The third kappa shape index (κ3) is 49.2. The molecule has 0 aliphatic rings. The van der Waals surface area contributed by atoms with Crippen molar-refractivity contribution < 1.29 is 23.8 Å². The van der Waals surface area contributed by atoms with Crippen LogP contribution in [0.25, 0.3) is 0 Å². The van der Waals surface area contributed by atoms with E-state index >= 15 is 0 Å². The first-order chi connectivity index (χ1) is 29.1. The Kier molecular flexibility index (Phi) is 49.8. The summed E-state index contributed by atoms with van der Waals surface area (Å²) < 4.78 is 17.5. The average Bonchev–Trinajstić information content (AvgIpc) is 3.24. The van der Waals surface area contributed by atoms with Gasteiger partial charge in [-0.05, 0) is 44.9 Å². The molecule has 5 nitrogen and oxygen atoms in total. The number of carbonyl (C=O) groups is 2. The van der Waals surface area contributed by atoms with Gasteiger partial charge in [-0.25, -0.2) is 0 Å². The van der Waals surface area contributed by atoms with Crippen LogP contribution in [0.5, 0.6) is 0 Å². The van der Waals surface area contributed by atoms with Crippen molar-refractivity contribution in [2.75, 3.05) is 19.8 Å². The highest BCUT2D eigenvalue weighted by molar-refractivity contribution is 5.69. The third-order valence-corrected chi connectivity index (χ3v) is 12.1. The van der Waals surface area contributed by atoms with Crippen molar-refractivity contribution in [1.82, 2.24) is 0 Å². The number of unbranched alkanes of at least 4 members (excludes halogenated alkanes) is 37. The lowest BCUT2D eigenvalue weighted by Gasteiger charge is -2.18. The second-order valence-electron chi connectivity index (χ2n) is 18.1. The fourth-order valence-electron chi connectivity index (χ4n) is 8.01. The molecule has 0 aromatic carbocycles. The van der Waals surface area contributed by atoms with Crippen molar-refractivity contribution in [2.45, 2.75) is 303 Å². The molecule has 0 aliphatic heterocycles. The lowest BCUT2D eigenvalue weighted by Crippen LogP contribution is -2.29. The molecule has 0 bridgehead atoms. The smallest absolute Gasteiger partial charge is 0.305 e. The summed E-state index contributed by atoms with van der Waals surface area (Å²) in [6.07, 6.45) is 58.1. The normalized spacial score (nSPS) is 12.1. The van der Waals surface area contributed by atoms with E-state index in [-0.39, 0.29) is 25.2 Å². The van der Waals surface area contributed by atoms with Gasteiger partial charge in [0.2, 0.25) is 0 Å². The minimum Gasteiger partial charge on any atom is -0.463 e. The Morgan fingerprint density at radius 3 is 0.898 bits per heavy atom. The standard InChI is InChI=1S/C54H104O5/c1-4-7-10-13-16-19-22-25-27-29-31-34-37-40-43-46-49-57-52(50-58-53(55)47-44-41-38-35-32-24-21-18-15-12-9-6-3)51-59-54(56)48-45-42-39-36-33-30-28-26-23-20-17-14-11-8-5-2/h26,28,52H,4-25,27,29-51H2,1-3H3/b28-26-/t52-/m0/s1. The molecule has 0 saturated carbocycles. The Hall–Kier alpha value is -1.36. The van der Waals surface area contributed by atoms with Crippen LogP contribution in [-0.2, 0) is 23.8 Å². The average molecular weight is 833 g/mol. The van der Waals surface area contributed by atoms with Crippen molar-refractivity contribution in [3.63, 3.8) is 0 Å². The first-order valence-electron chi connectivity index (χ1n) is 26.7. The third-order valence-electron chi connectivity index (χ3n) is 12.1. The van der Waals surface area contributed by atoms with Gasteiger partial charge < -0.3 is 14.2 Å². The molecular formula is C54H104O5. The molecule has 5 heteroatoms. The number of rotatable bonds is 50. The SMILES string of the molecule is CCCCCCCC/C=C\CCCCCCCC(=O)OC[C@H](COC(=O)CCCCCCCCCCCCCC)OCCCCCCCCCCCCCCCCCC. The van der Waals surface area contributed by atoms with Crippen LogP contribution < -0.4 is 0 Å². The van der Waals surface area contributed by atoms with E-state index in [1.807, 2.05) is 0 Å². The van der Waals surface area contributed by atoms with Crippen LogP contribution >= 0.6 is 0 Å². The number of hydrogen-bond acceptors (Lipinski definition) is 5. The molecule has 1 atom stereocenters. The quantitative estimate of drug-likeness (QED) is 0.0347. The molecule has 0 amide bonds. The van der Waals surface area contributed by atoms with Crippen molar-refractivity contribution in [3.05, 3.63) is 12.2 Å². The van der Waals surface area contributed by atoms with E-state index in [0.717, 1.165) is 38.5 Å². The molecule has 0 N–H and O–H groups in total. The van der Waals surface area contributed by atoms with Crippen molar-refractivity contribution in [1.29, 1.82) is 0 Å². The summed E-state index contributed by atoms with van der Waals surface area (Å²) in [5, 5.41) is 0. The minimum absolute atomic E-state index is 0.160. The molecule has 0 heterocycles. The predicted octanol–water partition coefficient (Wildman–Crippen LogP) is 17.8. The molecular weight excluding hydrogens is 729 g/mol. The summed E-state index contributed by atoms with van der Waals surface area (Å²) in [7, 11) is 0. The molecule has 0 aromatic rings. The predicted molar refractivity (Wildman–Crippen MR) is 256 cm³/mol. The van der Waals surface area contributed by atoms with E-state index in [1.54, 1.807) is 0 Å². The van der Waals surface area contributed by atoms with Crippen molar-refractivity contribution >= 4 is 11.9 Å². The lowest BCUT2D eigenvalue weighted by molar-refractivity contribution is -0.155. The van der Waals surface area contributed by atoms with E-state index in [0.29, 0.717) is 19.4 Å². The highest BCUT2D eigenvalue weighted by Gasteiger charge is 2.16. The molecule has 0 fully saturated rings. The second-order valence-corrected chi connectivity index (χ2v) is 18.1. The van der Waals surface area contributed by atoms with Crippen LogP contribution in [0.2, 0.25) is 0 Å². The van der Waals surface area contributed by atoms with Crippen LogP contribution in [0, 0.1) is 0 Å². The molecule has 0 spiro atoms. The second kappa shape index (κ2) is 51.0. The molecule has 0 saturated heterocycles. The maximum absolute atomic E-state index is 12.6. The van der Waals surface area contributed by atoms with Gasteiger partial charge in [0.05, 0.1) is 0 Å². The fraction of sp³-hybridized carbons (Fsp3) is 0.926. The van der Waals surface area contributed by atoms with Gasteiger partial charge in [-0.3, -0.25) is 9.59 Å². The summed E-state index contributed by atoms with van der Waals surface area (Å²) in [4.78, 5) is 25.2. The first-order valence-corrected chi connectivity index (χ1v) is 26.7. The van der Waals surface area contributed by atoms with Gasteiger partial charge in [0.25, 0.3) is 0 Å². The van der Waals surface area contributed by atoms with Gasteiger partial charge in [0, 0.05) is 19.4 Å². The largest absolute Gasteiger partial charge is 0.463 e. The number of hydrogen-bond donors (Lipinski definition) is 0. The Morgan fingerprint density at radius 1 is 0.339 bits per heavy atom. The molecule has 59 heavy (non-hydrogen) atoms. The van der Waals surface area contributed by atoms with Gasteiger partial charge in [-0.1, -0.05) is 251 Å². The molecule has 0 unspecified atom stereocenters. The van der Waals surface area contributed by atoms with E-state index < -0.39 is 6.10 Å². The molecule has 0 rings (SSSR count). The van der Waals surface area contributed by atoms with E-state index in [4.69, 9.17) is 14.2 Å². The molecule has 0 aliphatic carbocycles. The van der Waals surface area contributed by atoms with Crippen LogP contribution in [0.1, 0.15) is 297 Å². The van der Waals surface area contributed by atoms with E-state index in [9.17, 15) is 9.59 Å². The highest BCUT2D eigenvalue weighted by Crippen LogP contribution is 2.16. The summed E-state index contributed by atoms with van der Waals surface area (Å²) in [5.74, 6) is -0.325. The van der Waals surface area contributed by atoms with Gasteiger partial charge in [0.15, 0.2) is 0 Å². The fourth-order valence-corrected chi connectivity index (χ4v) is 8.01. The van der Waals surface area contributed by atoms with Gasteiger partial charge >= 0.3 is 11.9 Å². The lowest BCUT2D eigenvalue weighted by atomic mass is 10.0. The molecule has 0 aromatic heterocycles. The minimum atomic E-state index is -0.393. The van der Waals surface area contributed by atoms with Gasteiger partial charge in [-0.15, -0.1) is 0 Å². The summed E-state index contributed by atoms with van der Waals surface area (Å²) in [5.41, 5.74) is 0. The maximum Gasteiger partial charge on any atom is 0.305 e. The zero-order valence-electron chi connectivity index (χ0n) is 40.3. The highest BCUT2D eigenvalue weighted by atomic mass is 16.6. The van der Waals surface area contributed by atoms with Crippen LogP contribution in [0.15, 0.2) is 12.2 Å². The number of carbonyl (C=O) groups excluding carboxylic acids is 2. The first kappa shape index (κ1) is 57.6. The Labute approximate surface area is 369 Å². The van der Waals surface area contributed by atoms with Crippen LogP contribution in [-0.4, -0.2) is 37.9 Å². The van der Waals surface area contributed by atoms with Gasteiger partial charge in [0.1, 0.15) is 19.3 Å². The zero-order chi connectivity index (χ0) is 42.8. The number of allylic oxidation sites excluding steroid dienone is 2. The zero-order valence-corrected chi connectivity index (χ0v) is 40.3. The number of ether oxygens (including phenoxy) is 3. The number of esters is 2. The Balaban J connectivity index is 4.21. The van der Waals surface area contributed by atoms with Gasteiger partial charge in [-0.2, -0.15) is 0 Å². The summed E-state index contributed by atoms with van der Waals surface area (Å²) in [6.45, 7) is 7.77. The monoisotopic (exact) mass is 833 g/mol. The summed E-state index contributed by atoms with van der Waals surface area (Å²) in [6, 6.07) is 0. The van der Waals surface area contributed by atoms with Crippen molar-refractivity contribution in [3.8, 4) is 0 Å². The van der Waals surface area contributed by atoms with Crippen molar-refractivity contribution in [2.24, 2.45) is 0 Å². The van der Waals surface area contributed by atoms with Crippen LogP contribution in [0.4, 0.5) is 0 Å².